The average Bonchev–Trinajstić information content (AvgIpc) is 3.46. The van der Waals surface area contributed by atoms with E-state index in [0.717, 1.165) is 16.8 Å². The second-order valence-electron chi connectivity index (χ2n) is 7.29. The molecule has 0 aliphatic carbocycles. The molecule has 1 aliphatic rings. The van der Waals surface area contributed by atoms with Crippen molar-refractivity contribution in [2.75, 3.05) is 10.3 Å². The van der Waals surface area contributed by atoms with Crippen LogP contribution in [0.1, 0.15) is 0 Å². The smallest absolute Gasteiger partial charge is 0.305 e. The maximum atomic E-state index is 13.5. The SMILES string of the molecule is O=C(Nc1ncnc2c1cnn2-c1ccccc1)C1=CC(C(F)(F)F)NN1c1ccccc1Cl. The van der Waals surface area contributed by atoms with Crippen LogP contribution >= 0.6 is 11.6 Å². The fraction of sp³-hybridized carbons (Fsp3) is 0.0909. The number of hydrogen-bond acceptors (Lipinski definition) is 6. The van der Waals surface area contributed by atoms with Gasteiger partial charge in [-0.25, -0.2) is 20.1 Å². The number of amides is 1. The molecule has 0 spiro atoms. The number of anilines is 2. The van der Waals surface area contributed by atoms with Crippen LogP contribution in [0, 0.1) is 0 Å². The van der Waals surface area contributed by atoms with Gasteiger partial charge in [-0.05, 0) is 30.3 Å². The predicted molar refractivity (Wildman–Crippen MR) is 120 cm³/mol. The fourth-order valence-electron chi connectivity index (χ4n) is 3.53. The van der Waals surface area contributed by atoms with Gasteiger partial charge in [0.05, 0.1) is 28.0 Å². The van der Waals surface area contributed by atoms with E-state index in [4.69, 9.17) is 11.6 Å². The van der Waals surface area contributed by atoms with Gasteiger partial charge in [-0.15, -0.1) is 0 Å². The van der Waals surface area contributed by atoms with Crippen molar-refractivity contribution >= 4 is 40.0 Å². The maximum Gasteiger partial charge on any atom is 0.409 e. The van der Waals surface area contributed by atoms with Crippen molar-refractivity contribution in [3.63, 3.8) is 0 Å². The molecule has 4 aromatic rings. The highest BCUT2D eigenvalue weighted by Gasteiger charge is 2.45. The minimum absolute atomic E-state index is 0.104. The van der Waals surface area contributed by atoms with Gasteiger partial charge in [0.25, 0.3) is 5.91 Å². The second-order valence-corrected chi connectivity index (χ2v) is 7.70. The molecule has 1 atom stereocenters. The molecule has 2 N–H and O–H groups in total. The number of nitrogens with zero attached hydrogens (tertiary/aromatic N) is 5. The Hall–Kier alpha value is -3.96. The lowest BCUT2D eigenvalue weighted by atomic mass is 10.2. The zero-order valence-corrected chi connectivity index (χ0v) is 17.9. The Morgan fingerprint density at radius 3 is 2.53 bits per heavy atom. The third kappa shape index (κ3) is 3.95. The first-order valence-corrected chi connectivity index (χ1v) is 10.4. The summed E-state index contributed by atoms with van der Waals surface area (Å²) < 4.78 is 41.9. The molecular formula is C22H15ClF3N7O. The van der Waals surface area contributed by atoms with Crippen LogP contribution < -0.4 is 15.8 Å². The molecule has 0 radical (unpaired) electrons. The summed E-state index contributed by atoms with van der Waals surface area (Å²) in [6, 6.07) is 13.4. The van der Waals surface area contributed by atoms with E-state index in [1.165, 1.54) is 24.7 Å². The third-order valence-corrected chi connectivity index (χ3v) is 5.43. The van der Waals surface area contributed by atoms with Crippen molar-refractivity contribution in [1.29, 1.82) is 0 Å². The first-order valence-electron chi connectivity index (χ1n) is 9.98. The van der Waals surface area contributed by atoms with Crippen molar-refractivity contribution in [3.8, 4) is 5.69 Å². The molecule has 2 aromatic heterocycles. The largest absolute Gasteiger partial charge is 0.409 e. The number of halogens is 4. The minimum Gasteiger partial charge on any atom is -0.305 e. The lowest BCUT2D eigenvalue weighted by molar-refractivity contribution is -0.142. The number of hydrogen-bond donors (Lipinski definition) is 2. The van der Waals surface area contributed by atoms with Crippen LogP contribution in [-0.4, -0.2) is 37.9 Å². The van der Waals surface area contributed by atoms with E-state index in [1.807, 2.05) is 30.3 Å². The molecule has 34 heavy (non-hydrogen) atoms. The van der Waals surface area contributed by atoms with Gasteiger partial charge in [0.2, 0.25) is 0 Å². The molecular weight excluding hydrogens is 471 g/mol. The summed E-state index contributed by atoms with van der Waals surface area (Å²) in [5.41, 5.74) is 3.37. The Kier molecular flexibility index (Phi) is 5.42. The van der Waals surface area contributed by atoms with E-state index in [9.17, 15) is 18.0 Å². The molecule has 172 valence electrons. The molecule has 0 saturated carbocycles. The Bertz CT molecular complexity index is 1400. The number of benzene rings is 2. The minimum atomic E-state index is -4.62. The Balaban J connectivity index is 1.50. The highest BCUT2D eigenvalue weighted by Crippen LogP contribution is 2.34. The van der Waals surface area contributed by atoms with Crippen molar-refractivity contribution in [2.24, 2.45) is 0 Å². The molecule has 1 amide bonds. The molecule has 8 nitrogen and oxygen atoms in total. The van der Waals surface area contributed by atoms with Gasteiger partial charge in [-0.1, -0.05) is 41.9 Å². The summed E-state index contributed by atoms with van der Waals surface area (Å²) in [6.07, 6.45) is -1.11. The standard InChI is InChI=1S/C22H15ClF3N7O/c23-15-8-4-5-9-16(15)33-17(10-18(31-33)22(24,25)26)21(34)30-19-14-11-29-32(20(14)28-12-27-19)13-6-2-1-3-7-13/h1-12,18,31H,(H,27,28,30,34). The quantitative estimate of drug-likeness (QED) is 0.449. The van der Waals surface area contributed by atoms with Crippen LogP contribution in [0.3, 0.4) is 0 Å². The van der Waals surface area contributed by atoms with Gasteiger partial charge in [-0.2, -0.15) is 18.3 Å². The Labute approximate surface area is 195 Å². The molecule has 1 aliphatic heterocycles. The molecule has 0 bridgehead atoms. The first-order chi connectivity index (χ1) is 16.3. The number of rotatable bonds is 4. The fourth-order valence-corrected chi connectivity index (χ4v) is 3.75. The maximum absolute atomic E-state index is 13.5. The zero-order chi connectivity index (χ0) is 23.9. The highest BCUT2D eigenvalue weighted by molar-refractivity contribution is 6.33. The van der Waals surface area contributed by atoms with Crippen LogP contribution in [0.5, 0.6) is 0 Å². The monoisotopic (exact) mass is 485 g/mol. The summed E-state index contributed by atoms with van der Waals surface area (Å²) in [6.45, 7) is 0. The molecule has 1 unspecified atom stereocenters. The summed E-state index contributed by atoms with van der Waals surface area (Å²) in [5, 5.41) is 8.49. The van der Waals surface area contributed by atoms with Crippen LogP contribution in [0.2, 0.25) is 5.02 Å². The van der Waals surface area contributed by atoms with Crippen LogP contribution in [0.4, 0.5) is 24.7 Å². The Morgan fingerprint density at radius 1 is 1.06 bits per heavy atom. The van der Waals surface area contributed by atoms with Gasteiger partial charge in [0.1, 0.15) is 23.9 Å². The lowest BCUT2D eigenvalue weighted by Gasteiger charge is -2.25. The van der Waals surface area contributed by atoms with Crippen LogP contribution in [0.15, 0.2) is 78.9 Å². The van der Waals surface area contributed by atoms with E-state index in [2.05, 4.69) is 25.8 Å². The number of nitrogens with one attached hydrogen (secondary N) is 2. The summed E-state index contributed by atoms with van der Waals surface area (Å²) in [4.78, 5) is 21.5. The molecule has 5 rings (SSSR count). The third-order valence-electron chi connectivity index (χ3n) is 5.11. The van der Waals surface area contributed by atoms with E-state index in [1.54, 1.807) is 16.8 Å². The Morgan fingerprint density at radius 2 is 1.79 bits per heavy atom. The van der Waals surface area contributed by atoms with Crippen molar-refractivity contribution in [3.05, 3.63) is 83.9 Å². The number of hydrazine groups is 1. The lowest BCUT2D eigenvalue weighted by Crippen LogP contribution is -2.45. The number of fused-ring (bicyclic) bond motifs is 1. The van der Waals surface area contributed by atoms with Gasteiger partial charge >= 0.3 is 6.18 Å². The number of alkyl halides is 3. The van der Waals surface area contributed by atoms with Crippen LogP contribution in [0.25, 0.3) is 16.7 Å². The highest BCUT2D eigenvalue weighted by atomic mass is 35.5. The topological polar surface area (TPSA) is 88.0 Å². The van der Waals surface area contributed by atoms with Crippen molar-refractivity contribution < 1.29 is 18.0 Å². The van der Waals surface area contributed by atoms with E-state index in [0.29, 0.717) is 11.0 Å². The molecule has 0 fully saturated rings. The normalized spacial score (nSPS) is 16.1. The van der Waals surface area contributed by atoms with Gasteiger partial charge in [0, 0.05) is 0 Å². The van der Waals surface area contributed by atoms with E-state index < -0.39 is 18.1 Å². The first kappa shape index (κ1) is 21.9. The average molecular weight is 486 g/mol. The molecule has 2 aromatic carbocycles. The van der Waals surface area contributed by atoms with Gasteiger partial charge in [0.15, 0.2) is 5.65 Å². The molecule has 3 heterocycles. The zero-order valence-electron chi connectivity index (χ0n) is 17.2. The van der Waals surface area contributed by atoms with E-state index >= 15 is 0 Å². The summed E-state index contributed by atoms with van der Waals surface area (Å²) in [5.74, 6) is -0.709. The number of carbonyl (C=O) groups excluding carboxylic acids is 1. The van der Waals surface area contributed by atoms with Crippen molar-refractivity contribution in [1.82, 2.24) is 25.2 Å². The number of para-hydroxylation sites is 2. The van der Waals surface area contributed by atoms with E-state index in [-0.39, 0.29) is 22.2 Å². The summed E-state index contributed by atoms with van der Waals surface area (Å²) in [7, 11) is 0. The number of aromatic nitrogens is 4. The molecule has 0 saturated heterocycles. The van der Waals surface area contributed by atoms with Gasteiger partial charge in [-0.3, -0.25) is 9.80 Å². The van der Waals surface area contributed by atoms with Crippen LogP contribution in [-0.2, 0) is 4.79 Å². The predicted octanol–water partition coefficient (Wildman–Crippen LogP) is 4.25. The summed E-state index contributed by atoms with van der Waals surface area (Å²) >= 11 is 6.18. The van der Waals surface area contributed by atoms with Gasteiger partial charge < -0.3 is 5.32 Å². The molecule has 12 heteroatoms. The second kappa shape index (κ2) is 8.43. The van der Waals surface area contributed by atoms with Crippen molar-refractivity contribution in [2.45, 2.75) is 12.2 Å². The number of carbonyl (C=O) groups is 1.